The van der Waals surface area contributed by atoms with Gasteiger partial charge in [0.25, 0.3) is 5.91 Å². The highest BCUT2D eigenvalue weighted by Crippen LogP contribution is 2.16. The van der Waals surface area contributed by atoms with E-state index in [2.05, 4.69) is 29.3 Å². The van der Waals surface area contributed by atoms with Crippen LogP contribution in [0.15, 0.2) is 24.3 Å². The first-order valence-electron chi connectivity index (χ1n) is 7.09. The number of rotatable bonds is 4. The molecule has 0 aliphatic carbocycles. The van der Waals surface area contributed by atoms with Crippen LogP contribution in [0.25, 0.3) is 0 Å². The minimum Gasteiger partial charge on any atom is -0.306 e. The minimum absolute atomic E-state index is 0.247. The number of benzene rings is 1. The zero-order chi connectivity index (χ0) is 14.5. The Hall–Kier alpha value is -1.43. The van der Waals surface area contributed by atoms with Crippen molar-refractivity contribution in [2.24, 2.45) is 5.84 Å². The van der Waals surface area contributed by atoms with E-state index in [0.717, 1.165) is 19.6 Å². The Labute approximate surface area is 120 Å². The van der Waals surface area contributed by atoms with Crippen molar-refractivity contribution in [2.75, 3.05) is 27.2 Å². The second kappa shape index (κ2) is 6.83. The topological polar surface area (TPSA) is 61.6 Å². The first-order chi connectivity index (χ1) is 9.60. The fourth-order valence-electron chi connectivity index (χ4n) is 2.70. The van der Waals surface area contributed by atoms with Crippen molar-refractivity contribution in [3.63, 3.8) is 0 Å². The van der Waals surface area contributed by atoms with Gasteiger partial charge in [-0.2, -0.15) is 0 Å². The Balaban J connectivity index is 1.87. The second-order valence-corrected chi connectivity index (χ2v) is 5.64. The Morgan fingerprint density at radius 1 is 1.30 bits per heavy atom. The monoisotopic (exact) mass is 276 g/mol. The number of hydrazine groups is 1. The number of nitrogens with two attached hydrogens (primary N) is 1. The van der Waals surface area contributed by atoms with Gasteiger partial charge in [0, 0.05) is 18.2 Å². The molecule has 0 bridgehead atoms. The number of amides is 1. The summed E-state index contributed by atoms with van der Waals surface area (Å²) < 4.78 is 0. The molecule has 1 heterocycles. The summed E-state index contributed by atoms with van der Waals surface area (Å²) in [5.74, 6) is 4.87. The molecule has 1 aromatic rings. The molecule has 20 heavy (non-hydrogen) atoms. The van der Waals surface area contributed by atoms with Crippen LogP contribution in [0.5, 0.6) is 0 Å². The smallest absolute Gasteiger partial charge is 0.265 e. The molecule has 2 rings (SSSR count). The molecule has 5 heteroatoms. The summed E-state index contributed by atoms with van der Waals surface area (Å²) >= 11 is 0. The van der Waals surface area contributed by atoms with Crippen LogP contribution < -0.4 is 11.3 Å². The summed E-state index contributed by atoms with van der Waals surface area (Å²) in [4.78, 5) is 16.2. The van der Waals surface area contributed by atoms with E-state index < -0.39 is 0 Å². The highest BCUT2D eigenvalue weighted by molar-refractivity contribution is 5.93. The van der Waals surface area contributed by atoms with Gasteiger partial charge < -0.3 is 4.90 Å². The van der Waals surface area contributed by atoms with Crippen LogP contribution in [0.4, 0.5) is 0 Å². The third-order valence-corrected chi connectivity index (χ3v) is 4.04. The molecular weight excluding hydrogens is 252 g/mol. The molecule has 1 aromatic carbocycles. The van der Waals surface area contributed by atoms with Gasteiger partial charge in [0.15, 0.2) is 0 Å². The molecule has 1 saturated heterocycles. The van der Waals surface area contributed by atoms with Gasteiger partial charge in [-0.1, -0.05) is 12.1 Å². The van der Waals surface area contributed by atoms with Crippen molar-refractivity contribution in [3.05, 3.63) is 35.4 Å². The van der Waals surface area contributed by atoms with E-state index in [1.165, 1.54) is 18.4 Å². The lowest BCUT2D eigenvalue weighted by Gasteiger charge is -2.35. The standard InChI is InChI=1S/C15H24N4O/c1-18(2)14-7-9-19(10-8-14)11-12-3-5-13(6-4-12)15(20)17-16/h3-6,14H,7-11,16H2,1-2H3,(H,17,20). The zero-order valence-electron chi connectivity index (χ0n) is 12.3. The highest BCUT2D eigenvalue weighted by Gasteiger charge is 2.20. The number of nitrogens with one attached hydrogen (secondary N) is 1. The van der Waals surface area contributed by atoms with E-state index in [9.17, 15) is 4.79 Å². The number of piperidine rings is 1. The van der Waals surface area contributed by atoms with Crippen molar-refractivity contribution < 1.29 is 4.79 Å². The first kappa shape index (κ1) is 15.0. The third kappa shape index (κ3) is 3.79. The van der Waals surface area contributed by atoms with E-state index in [4.69, 9.17) is 5.84 Å². The number of hydrogen-bond donors (Lipinski definition) is 2. The molecule has 1 amide bonds. The van der Waals surface area contributed by atoms with Crippen LogP contribution in [0.1, 0.15) is 28.8 Å². The summed E-state index contributed by atoms with van der Waals surface area (Å²) in [6.07, 6.45) is 2.45. The Bertz CT molecular complexity index is 436. The van der Waals surface area contributed by atoms with Gasteiger partial charge in [0.1, 0.15) is 0 Å². The van der Waals surface area contributed by atoms with Crippen molar-refractivity contribution in [1.82, 2.24) is 15.2 Å². The predicted molar refractivity (Wildman–Crippen MR) is 80.1 cm³/mol. The molecule has 1 aliphatic rings. The number of nitrogens with zero attached hydrogens (tertiary/aromatic N) is 2. The fourth-order valence-corrected chi connectivity index (χ4v) is 2.70. The van der Waals surface area contributed by atoms with Crippen LogP contribution in [-0.4, -0.2) is 48.9 Å². The largest absolute Gasteiger partial charge is 0.306 e. The van der Waals surface area contributed by atoms with Crippen molar-refractivity contribution >= 4 is 5.91 Å². The SMILES string of the molecule is CN(C)C1CCN(Cc2ccc(C(=O)NN)cc2)CC1. The highest BCUT2D eigenvalue weighted by atomic mass is 16.2. The van der Waals surface area contributed by atoms with E-state index in [1.54, 1.807) is 0 Å². The first-order valence-corrected chi connectivity index (χ1v) is 7.09. The van der Waals surface area contributed by atoms with Gasteiger partial charge in [0.2, 0.25) is 0 Å². The lowest BCUT2D eigenvalue weighted by atomic mass is 10.0. The van der Waals surface area contributed by atoms with Gasteiger partial charge in [-0.3, -0.25) is 15.1 Å². The van der Waals surface area contributed by atoms with E-state index >= 15 is 0 Å². The maximum absolute atomic E-state index is 11.4. The molecule has 110 valence electrons. The molecule has 0 aromatic heterocycles. The van der Waals surface area contributed by atoms with Crippen molar-refractivity contribution in [3.8, 4) is 0 Å². The van der Waals surface area contributed by atoms with Gasteiger partial charge in [-0.05, 0) is 57.7 Å². The van der Waals surface area contributed by atoms with Gasteiger partial charge >= 0.3 is 0 Å². The van der Waals surface area contributed by atoms with Gasteiger partial charge in [-0.15, -0.1) is 0 Å². The Kier molecular flexibility index (Phi) is 5.11. The molecule has 0 saturated carbocycles. The minimum atomic E-state index is -0.247. The maximum Gasteiger partial charge on any atom is 0.265 e. The lowest BCUT2D eigenvalue weighted by molar-refractivity contribution is 0.0953. The van der Waals surface area contributed by atoms with Crippen molar-refractivity contribution in [1.29, 1.82) is 0 Å². The Morgan fingerprint density at radius 2 is 1.90 bits per heavy atom. The molecule has 0 unspecified atom stereocenters. The lowest BCUT2D eigenvalue weighted by Crippen LogP contribution is -2.41. The molecular formula is C15H24N4O. The molecule has 0 atom stereocenters. The summed E-state index contributed by atoms with van der Waals surface area (Å²) in [5.41, 5.74) is 3.98. The number of likely N-dealkylation sites (tertiary alicyclic amines) is 1. The van der Waals surface area contributed by atoms with E-state index in [0.29, 0.717) is 11.6 Å². The molecule has 3 N–H and O–H groups in total. The van der Waals surface area contributed by atoms with Crippen LogP contribution in [0.2, 0.25) is 0 Å². The summed E-state index contributed by atoms with van der Waals surface area (Å²) in [6.45, 7) is 3.21. The van der Waals surface area contributed by atoms with Crippen LogP contribution in [0.3, 0.4) is 0 Å². The van der Waals surface area contributed by atoms with Crippen LogP contribution in [0, 0.1) is 0 Å². The number of hydrogen-bond acceptors (Lipinski definition) is 4. The summed E-state index contributed by atoms with van der Waals surface area (Å²) in [5, 5.41) is 0. The summed E-state index contributed by atoms with van der Waals surface area (Å²) in [7, 11) is 4.31. The van der Waals surface area contributed by atoms with Crippen molar-refractivity contribution in [2.45, 2.75) is 25.4 Å². The molecule has 5 nitrogen and oxygen atoms in total. The van der Waals surface area contributed by atoms with E-state index in [1.807, 2.05) is 24.3 Å². The second-order valence-electron chi connectivity index (χ2n) is 5.64. The fraction of sp³-hybridized carbons (Fsp3) is 0.533. The Morgan fingerprint density at radius 3 is 2.40 bits per heavy atom. The number of carbonyl (C=O) groups excluding carboxylic acids is 1. The molecule has 1 aliphatic heterocycles. The van der Waals surface area contributed by atoms with Gasteiger partial charge in [0.05, 0.1) is 0 Å². The molecule has 0 spiro atoms. The van der Waals surface area contributed by atoms with E-state index in [-0.39, 0.29) is 5.91 Å². The van der Waals surface area contributed by atoms with Gasteiger partial charge in [-0.25, -0.2) is 5.84 Å². The quantitative estimate of drug-likeness (QED) is 0.485. The number of carbonyl (C=O) groups is 1. The normalized spacial score (nSPS) is 17.4. The maximum atomic E-state index is 11.4. The molecule has 1 fully saturated rings. The van der Waals surface area contributed by atoms with Crippen LogP contribution in [-0.2, 0) is 6.54 Å². The van der Waals surface area contributed by atoms with Crippen LogP contribution >= 0.6 is 0 Å². The zero-order valence-corrected chi connectivity index (χ0v) is 12.3. The number of nitrogen functional groups attached to an aromatic ring is 1. The average Bonchev–Trinajstić information content (AvgIpc) is 2.48. The molecule has 0 radical (unpaired) electrons. The summed E-state index contributed by atoms with van der Waals surface area (Å²) in [6, 6.07) is 8.36. The average molecular weight is 276 g/mol. The predicted octanol–water partition coefficient (Wildman–Crippen LogP) is 0.816. The third-order valence-electron chi connectivity index (χ3n) is 4.04.